The molecule has 1 aromatic heterocycles. The molecule has 2 aromatic carbocycles. The number of ether oxygens (including phenoxy) is 3. The third-order valence-electron chi connectivity index (χ3n) is 6.73. The lowest BCUT2D eigenvalue weighted by atomic mass is 9.90. The average Bonchev–Trinajstić information content (AvgIpc) is 3.30. The van der Waals surface area contributed by atoms with Crippen molar-refractivity contribution < 1.29 is 32.2 Å². The molecule has 2 saturated heterocycles. The van der Waals surface area contributed by atoms with Crippen LogP contribution in [0.2, 0.25) is 0 Å². The molecule has 0 saturated carbocycles. The van der Waals surface area contributed by atoms with E-state index >= 15 is 0 Å². The smallest absolute Gasteiger partial charge is 0.290 e. The summed E-state index contributed by atoms with van der Waals surface area (Å²) in [6, 6.07) is 5.86. The number of aromatic nitrogens is 2. The molecule has 3 aromatic rings. The van der Waals surface area contributed by atoms with Crippen LogP contribution in [0, 0.1) is 24.4 Å². The molecule has 5 rings (SSSR count). The van der Waals surface area contributed by atoms with E-state index < -0.39 is 41.0 Å². The first-order chi connectivity index (χ1) is 17.6. The minimum atomic E-state index is -1.56. The van der Waals surface area contributed by atoms with Crippen LogP contribution in [0.1, 0.15) is 36.7 Å². The Kier molecular flexibility index (Phi) is 6.23. The van der Waals surface area contributed by atoms with E-state index in [0.717, 1.165) is 23.5 Å². The molecule has 7 nitrogen and oxygen atoms in total. The Hall–Kier alpha value is -3.79. The van der Waals surface area contributed by atoms with E-state index in [0.29, 0.717) is 11.3 Å². The van der Waals surface area contributed by atoms with Gasteiger partial charge in [0.25, 0.3) is 5.91 Å². The number of methoxy groups -OCH3 is 1. The minimum absolute atomic E-state index is 0.00293. The monoisotopic (exact) mass is 513 g/mol. The second kappa shape index (κ2) is 9.26. The Balaban J connectivity index is 1.53. The van der Waals surface area contributed by atoms with Gasteiger partial charge in [0.2, 0.25) is 0 Å². The first-order valence-electron chi connectivity index (χ1n) is 11.7. The number of aryl methyl sites for hydroxylation is 1. The van der Waals surface area contributed by atoms with E-state index in [2.05, 4.69) is 4.98 Å². The maximum atomic E-state index is 14.0. The maximum Gasteiger partial charge on any atom is 0.290 e. The van der Waals surface area contributed by atoms with Gasteiger partial charge in [-0.15, -0.1) is 0 Å². The number of benzene rings is 2. The first-order valence-corrected chi connectivity index (χ1v) is 11.7. The van der Waals surface area contributed by atoms with Crippen LogP contribution in [0.3, 0.4) is 0 Å². The fraction of sp³-hybridized carbons (Fsp3) is 0.333. The van der Waals surface area contributed by atoms with E-state index in [-0.39, 0.29) is 24.5 Å². The van der Waals surface area contributed by atoms with E-state index in [1.165, 1.54) is 4.90 Å². The Labute approximate surface area is 212 Å². The van der Waals surface area contributed by atoms with Crippen LogP contribution in [0.5, 0.6) is 5.75 Å². The molecule has 0 radical (unpaired) electrons. The fourth-order valence-corrected chi connectivity index (χ4v) is 4.83. The molecule has 0 aliphatic carbocycles. The molecule has 0 spiro atoms. The van der Waals surface area contributed by atoms with Crippen molar-refractivity contribution in [1.82, 2.24) is 14.5 Å². The normalized spacial score (nSPS) is 22.1. The standard InChI is InChI=1S/C27H26F3N3O4/c1-15-11-32(14-31-15)20-6-5-16(7-22(20)35-4)8-23-26(34)33-21(12-36-13-24(33)27(2,3)37-23)17-9-18(28)25(30)19(29)10-17/h5-11,14,21,24H,12-13H2,1-4H3/b23-8-/t21-,24+/m0/s1. The third-order valence-corrected chi connectivity index (χ3v) is 6.73. The number of halogens is 3. The number of hydrogen-bond acceptors (Lipinski definition) is 5. The fourth-order valence-electron chi connectivity index (χ4n) is 4.83. The zero-order chi connectivity index (χ0) is 26.5. The number of carbonyl (C=O) groups is 1. The second-order valence-electron chi connectivity index (χ2n) is 9.65. The van der Waals surface area contributed by atoms with Gasteiger partial charge in [-0.1, -0.05) is 6.07 Å². The van der Waals surface area contributed by atoms with Crippen molar-refractivity contribution in [1.29, 1.82) is 0 Å². The molecule has 10 heteroatoms. The number of fused-ring (bicyclic) bond motifs is 1. The number of rotatable bonds is 4. The second-order valence-corrected chi connectivity index (χ2v) is 9.65. The summed E-state index contributed by atoms with van der Waals surface area (Å²) in [4.78, 5) is 19.5. The lowest BCUT2D eigenvalue weighted by Crippen LogP contribution is -2.64. The molecule has 2 fully saturated rings. The molecule has 2 atom stereocenters. The Morgan fingerprint density at radius 1 is 1.14 bits per heavy atom. The number of morpholine rings is 2. The molecule has 2 aliphatic heterocycles. The highest BCUT2D eigenvalue weighted by Crippen LogP contribution is 2.40. The third kappa shape index (κ3) is 4.46. The zero-order valence-corrected chi connectivity index (χ0v) is 20.8. The number of carbonyl (C=O) groups excluding carboxylic acids is 1. The lowest BCUT2D eigenvalue weighted by molar-refractivity contribution is -0.184. The topological polar surface area (TPSA) is 65.8 Å². The van der Waals surface area contributed by atoms with Crippen molar-refractivity contribution in [2.45, 2.75) is 38.5 Å². The molecular formula is C27H26F3N3O4. The molecule has 3 heterocycles. The van der Waals surface area contributed by atoms with Crippen LogP contribution in [0.4, 0.5) is 13.2 Å². The van der Waals surface area contributed by atoms with Gasteiger partial charge >= 0.3 is 0 Å². The summed E-state index contributed by atoms with van der Waals surface area (Å²) in [6.07, 6.45) is 5.15. The van der Waals surface area contributed by atoms with Crippen LogP contribution < -0.4 is 4.74 Å². The predicted molar refractivity (Wildman–Crippen MR) is 129 cm³/mol. The van der Waals surface area contributed by atoms with Gasteiger partial charge < -0.3 is 23.7 Å². The molecule has 37 heavy (non-hydrogen) atoms. The Morgan fingerprint density at radius 3 is 2.51 bits per heavy atom. The summed E-state index contributed by atoms with van der Waals surface area (Å²) in [6.45, 7) is 5.70. The largest absolute Gasteiger partial charge is 0.495 e. The molecule has 0 N–H and O–H groups in total. The van der Waals surface area contributed by atoms with Gasteiger partial charge in [0.1, 0.15) is 11.4 Å². The van der Waals surface area contributed by atoms with Crippen LogP contribution in [-0.2, 0) is 14.3 Å². The maximum absolute atomic E-state index is 14.0. The van der Waals surface area contributed by atoms with E-state index in [4.69, 9.17) is 14.2 Å². The van der Waals surface area contributed by atoms with Crippen molar-refractivity contribution in [3.63, 3.8) is 0 Å². The number of nitrogens with zero attached hydrogens (tertiary/aromatic N) is 3. The average molecular weight is 514 g/mol. The van der Waals surface area contributed by atoms with Gasteiger partial charge in [-0.05, 0) is 62.2 Å². The summed E-state index contributed by atoms with van der Waals surface area (Å²) in [5.41, 5.74) is 1.50. The number of hydrogen-bond donors (Lipinski definition) is 0. The van der Waals surface area contributed by atoms with E-state index in [9.17, 15) is 18.0 Å². The highest BCUT2D eigenvalue weighted by Gasteiger charge is 2.50. The van der Waals surface area contributed by atoms with Crippen molar-refractivity contribution in [3.8, 4) is 11.4 Å². The van der Waals surface area contributed by atoms with Crippen LogP contribution in [0.15, 0.2) is 48.6 Å². The van der Waals surface area contributed by atoms with Crippen molar-refractivity contribution >= 4 is 12.0 Å². The van der Waals surface area contributed by atoms with Gasteiger partial charge in [-0.3, -0.25) is 4.79 Å². The molecule has 1 amide bonds. The van der Waals surface area contributed by atoms with Crippen molar-refractivity contribution in [2.24, 2.45) is 0 Å². The van der Waals surface area contributed by atoms with Gasteiger partial charge in [0, 0.05) is 6.20 Å². The molecule has 0 unspecified atom stereocenters. The summed E-state index contributed by atoms with van der Waals surface area (Å²) in [5, 5.41) is 0. The summed E-state index contributed by atoms with van der Waals surface area (Å²) in [5.74, 6) is -4.05. The van der Waals surface area contributed by atoms with Crippen molar-refractivity contribution in [3.05, 3.63) is 82.9 Å². The molecule has 194 valence electrons. The first kappa shape index (κ1) is 24.9. The van der Waals surface area contributed by atoms with Crippen LogP contribution >= 0.6 is 0 Å². The van der Waals surface area contributed by atoms with Gasteiger partial charge in [-0.25, -0.2) is 18.2 Å². The van der Waals surface area contributed by atoms with Gasteiger partial charge in [0.05, 0.1) is 50.1 Å². The zero-order valence-electron chi connectivity index (χ0n) is 20.8. The molecular weight excluding hydrogens is 487 g/mol. The minimum Gasteiger partial charge on any atom is -0.495 e. The van der Waals surface area contributed by atoms with Crippen LogP contribution in [-0.4, -0.2) is 52.3 Å². The highest BCUT2D eigenvalue weighted by molar-refractivity contribution is 5.97. The lowest BCUT2D eigenvalue weighted by Gasteiger charge is -2.52. The van der Waals surface area contributed by atoms with Crippen molar-refractivity contribution in [2.75, 3.05) is 20.3 Å². The molecule has 2 aliphatic rings. The van der Waals surface area contributed by atoms with E-state index in [1.54, 1.807) is 25.6 Å². The van der Waals surface area contributed by atoms with Crippen LogP contribution in [0.25, 0.3) is 11.8 Å². The Bertz CT molecular complexity index is 1380. The quantitative estimate of drug-likeness (QED) is 0.373. The number of amides is 1. The SMILES string of the molecule is COc1cc(/C=C2\OC(C)(C)[C@H]3COC[C@@H](c4cc(F)c(F)c(F)c4)N3C2=O)ccc1-n1cnc(C)c1. The number of imidazole rings is 1. The molecule has 0 bridgehead atoms. The predicted octanol–water partition coefficient (Wildman–Crippen LogP) is 4.73. The van der Waals surface area contributed by atoms with Gasteiger partial charge in [0.15, 0.2) is 23.2 Å². The van der Waals surface area contributed by atoms with E-state index in [1.807, 2.05) is 43.7 Å². The summed E-state index contributed by atoms with van der Waals surface area (Å²) >= 11 is 0. The highest BCUT2D eigenvalue weighted by atomic mass is 19.2. The summed E-state index contributed by atoms with van der Waals surface area (Å²) < 4.78 is 60.9. The summed E-state index contributed by atoms with van der Waals surface area (Å²) in [7, 11) is 1.55. The Morgan fingerprint density at radius 2 is 1.86 bits per heavy atom. The van der Waals surface area contributed by atoms with Gasteiger partial charge in [-0.2, -0.15) is 0 Å².